The Morgan fingerprint density at radius 1 is 0.839 bits per heavy atom. The summed E-state index contributed by atoms with van der Waals surface area (Å²) in [5, 5.41) is 5.30. The molecule has 3 N–H and O–H groups in total. The fourth-order valence-corrected chi connectivity index (χ4v) is 3.92. The van der Waals surface area contributed by atoms with Gasteiger partial charge in [-0.3, -0.25) is 14.3 Å². The lowest BCUT2D eigenvalue weighted by atomic mass is 10.1. The first kappa shape index (κ1) is 21.8. The maximum absolute atomic E-state index is 13.0. The number of ether oxygens (including phenoxy) is 1. The monoisotopic (exact) mass is 439 g/mol. The van der Waals surface area contributed by atoms with E-state index in [-0.39, 0.29) is 27.8 Å². The zero-order valence-electron chi connectivity index (χ0n) is 16.9. The number of hydrogen-bond donors (Lipinski definition) is 3. The number of nitrogens with one attached hydrogen (secondary N) is 3. The minimum Gasteiger partial charge on any atom is -0.495 e. The first-order chi connectivity index (χ1) is 14.8. The molecule has 8 nitrogen and oxygen atoms in total. The molecule has 3 aromatic rings. The molecule has 0 spiro atoms. The number of sulfonamides is 1. The summed E-state index contributed by atoms with van der Waals surface area (Å²) in [6.07, 6.45) is 0. The van der Waals surface area contributed by atoms with Crippen molar-refractivity contribution in [1.82, 2.24) is 0 Å². The summed E-state index contributed by atoms with van der Waals surface area (Å²) in [6, 6.07) is 19.2. The summed E-state index contributed by atoms with van der Waals surface area (Å²) in [5.41, 5.74) is 1.22. The van der Waals surface area contributed by atoms with Gasteiger partial charge < -0.3 is 15.4 Å². The predicted octanol–water partition coefficient (Wildman–Crippen LogP) is 3.71. The number of para-hydroxylation sites is 2. The quantitative estimate of drug-likeness (QED) is 0.519. The largest absolute Gasteiger partial charge is 0.495 e. The van der Waals surface area contributed by atoms with Gasteiger partial charge in [0.05, 0.1) is 28.9 Å². The van der Waals surface area contributed by atoms with E-state index in [9.17, 15) is 18.0 Å². The Morgan fingerprint density at radius 2 is 1.52 bits per heavy atom. The van der Waals surface area contributed by atoms with Crippen LogP contribution in [0.4, 0.5) is 17.1 Å². The highest BCUT2D eigenvalue weighted by molar-refractivity contribution is 7.92. The minimum atomic E-state index is -4.04. The Hall–Kier alpha value is -3.85. The molecular weight excluding hydrogens is 418 g/mol. The van der Waals surface area contributed by atoms with Crippen LogP contribution in [0.2, 0.25) is 0 Å². The van der Waals surface area contributed by atoms with Crippen LogP contribution >= 0.6 is 0 Å². The Labute approximate surface area is 180 Å². The fourth-order valence-electron chi connectivity index (χ4n) is 2.83. The van der Waals surface area contributed by atoms with E-state index in [1.165, 1.54) is 44.4 Å². The summed E-state index contributed by atoms with van der Waals surface area (Å²) < 4.78 is 33.5. The lowest BCUT2D eigenvalue weighted by Gasteiger charge is -2.14. The van der Waals surface area contributed by atoms with Crippen LogP contribution in [0, 0.1) is 0 Å². The first-order valence-corrected chi connectivity index (χ1v) is 10.7. The highest BCUT2D eigenvalue weighted by Gasteiger charge is 2.20. The lowest BCUT2D eigenvalue weighted by Crippen LogP contribution is -2.19. The SMILES string of the molecule is COc1cc(S(=O)(=O)Nc2ccccc2C(=O)Nc2ccccc2)ccc1NC(C)=O. The van der Waals surface area contributed by atoms with Gasteiger partial charge in [0.15, 0.2) is 0 Å². The molecule has 0 saturated carbocycles. The second-order valence-corrected chi connectivity index (χ2v) is 8.20. The average molecular weight is 439 g/mol. The van der Waals surface area contributed by atoms with E-state index in [1.54, 1.807) is 36.4 Å². The second-order valence-electron chi connectivity index (χ2n) is 6.51. The van der Waals surface area contributed by atoms with E-state index in [2.05, 4.69) is 15.4 Å². The normalized spacial score (nSPS) is 10.8. The standard InChI is InChI=1S/C22H21N3O5S/c1-15(26)23-20-13-12-17(14-21(20)30-2)31(28,29)25-19-11-7-6-10-18(19)22(27)24-16-8-4-3-5-9-16/h3-14,25H,1-2H3,(H,23,26)(H,24,27). The van der Waals surface area contributed by atoms with Crippen molar-refractivity contribution >= 4 is 38.9 Å². The number of hydrogen-bond acceptors (Lipinski definition) is 5. The molecule has 0 bridgehead atoms. The molecule has 160 valence electrons. The van der Waals surface area contributed by atoms with Gasteiger partial charge in [0.1, 0.15) is 5.75 Å². The second kappa shape index (κ2) is 9.31. The summed E-state index contributed by atoms with van der Waals surface area (Å²) >= 11 is 0. The van der Waals surface area contributed by atoms with Crippen LogP contribution in [0.1, 0.15) is 17.3 Å². The number of carbonyl (C=O) groups excluding carboxylic acids is 2. The summed E-state index contributed by atoms with van der Waals surface area (Å²) in [4.78, 5) is 23.9. The molecular formula is C22H21N3O5S. The first-order valence-electron chi connectivity index (χ1n) is 9.24. The Balaban J connectivity index is 1.88. The molecule has 9 heteroatoms. The van der Waals surface area contributed by atoms with Crippen molar-refractivity contribution in [1.29, 1.82) is 0 Å². The van der Waals surface area contributed by atoms with E-state index >= 15 is 0 Å². The van der Waals surface area contributed by atoms with Crippen LogP contribution in [0.3, 0.4) is 0 Å². The van der Waals surface area contributed by atoms with E-state index < -0.39 is 15.9 Å². The third-order valence-corrected chi connectivity index (χ3v) is 5.60. The van der Waals surface area contributed by atoms with Gasteiger partial charge in [-0.1, -0.05) is 30.3 Å². The average Bonchev–Trinajstić information content (AvgIpc) is 2.74. The summed E-state index contributed by atoms with van der Waals surface area (Å²) in [5.74, 6) is -0.582. The summed E-state index contributed by atoms with van der Waals surface area (Å²) in [7, 11) is -2.67. The number of methoxy groups -OCH3 is 1. The van der Waals surface area contributed by atoms with Gasteiger partial charge in [-0.05, 0) is 36.4 Å². The van der Waals surface area contributed by atoms with Gasteiger partial charge >= 0.3 is 0 Å². The Kier molecular flexibility index (Phi) is 6.56. The number of anilines is 3. The van der Waals surface area contributed by atoms with Crippen LogP contribution in [-0.4, -0.2) is 27.3 Å². The van der Waals surface area contributed by atoms with Crippen LogP contribution in [0.15, 0.2) is 77.7 Å². The number of benzene rings is 3. The highest BCUT2D eigenvalue weighted by Crippen LogP contribution is 2.29. The van der Waals surface area contributed by atoms with Gasteiger partial charge in [0.25, 0.3) is 15.9 Å². The molecule has 0 atom stereocenters. The van der Waals surface area contributed by atoms with Gasteiger partial charge in [0, 0.05) is 18.7 Å². The lowest BCUT2D eigenvalue weighted by molar-refractivity contribution is -0.114. The zero-order valence-corrected chi connectivity index (χ0v) is 17.7. The minimum absolute atomic E-state index is 0.0864. The smallest absolute Gasteiger partial charge is 0.262 e. The van der Waals surface area contributed by atoms with Crippen molar-refractivity contribution in [3.63, 3.8) is 0 Å². The van der Waals surface area contributed by atoms with Gasteiger partial charge in [-0.15, -0.1) is 0 Å². The summed E-state index contributed by atoms with van der Waals surface area (Å²) in [6.45, 7) is 1.34. The molecule has 2 amide bonds. The van der Waals surface area contributed by atoms with E-state index in [1.807, 2.05) is 6.07 Å². The van der Waals surface area contributed by atoms with Crippen molar-refractivity contribution in [2.24, 2.45) is 0 Å². The molecule has 0 fully saturated rings. The van der Waals surface area contributed by atoms with Gasteiger partial charge in [0.2, 0.25) is 5.91 Å². The molecule has 3 rings (SSSR count). The van der Waals surface area contributed by atoms with E-state index in [4.69, 9.17) is 4.74 Å². The molecule has 0 radical (unpaired) electrons. The van der Waals surface area contributed by atoms with E-state index in [0.717, 1.165) is 0 Å². The molecule has 0 unspecified atom stereocenters. The topological polar surface area (TPSA) is 114 Å². The third-order valence-electron chi connectivity index (χ3n) is 4.24. The molecule has 0 saturated heterocycles. The molecule has 31 heavy (non-hydrogen) atoms. The van der Waals surface area contributed by atoms with Crippen LogP contribution in [0.25, 0.3) is 0 Å². The zero-order chi connectivity index (χ0) is 22.4. The van der Waals surface area contributed by atoms with Crippen molar-refractivity contribution in [3.05, 3.63) is 78.4 Å². The molecule has 0 aliphatic rings. The van der Waals surface area contributed by atoms with Crippen molar-refractivity contribution < 1.29 is 22.7 Å². The van der Waals surface area contributed by atoms with Gasteiger partial charge in [-0.2, -0.15) is 0 Å². The Morgan fingerprint density at radius 3 is 2.19 bits per heavy atom. The third kappa shape index (κ3) is 5.40. The molecule has 0 aliphatic carbocycles. The number of carbonyl (C=O) groups is 2. The molecule has 0 aromatic heterocycles. The highest BCUT2D eigenvalue weighted by atomic mass is 32.2. The predicted molar refractivity (Wildman–Crippen MR) is 119 cm³/mol. The maximum Gasteiger partial charge on any atom is 0.262 e. The van der Waals surface area contributed by atoms with Crippen molar-refractivity contribution in [3.8, 4) is 5.75 Å². The fraction of sp³-hybridized carbons (Fsp3) is 0.0909. The maximum atomic E-state index is 13.0. The number of rotatable bonds is 7. The molecule has 3 aromatic carbocycles. The van der Waals surface area contributed by atoms with Crippen molar-refractivity contribution in [2.75, 3.05) is 22.5 Å². The van der Waals surface area contributed by atoms with Crippen LogP contribution < -0.4 is 20.1 Å². The molecule has 0 heterocycles. The van der Waals surface area contributed by atoms with Crippen molar-refractivity contribution in [2.45, 2.75) is 11.8 Å². The Bertz CT molecular complexity index is 1210. The molecule has 0 aliphatic heterocycles. The van der Waals surface area contributed by atoms with Crippen LogP contribution in [-0.2, 0) is 14.8 Å². The number of amides is 2. The van der Waals surface area contributed by atoms with Gasteiger partial charge in [-0.25, -0.2) is 8.42 Å². The van der Waals surface area contributed by atoms with E-state index in [0.29, 0.717) is 11.4 Å². The van der Waals surface area contributed by atoms with Crippen LogP contribution in [0.5, 0.6) is 5.75 Å².